The van der Waals surface area contributed by atoms with Gasteiger partial charge in [-0.3, -0.25) is 4.79 Å². The lowest BCUT2D eigenvalue weighted by Crippen LogP contribution is -2.50. The number of halogens is 2. The van der Waals surface area contributed by atoms with Crippen molar-refractivity contribution in [3.8, 4) is 0 Å². The van der Waals surface area contributed by atoms with Crippen LogP contribution in [0.4, 0.5) is 8.78 Å². The summed E-state index contributed by atoms with van der Waals surface area (Å²) in [4.78, 5) is 12.5. The van der Waals surface area contributed by atoms with Gasteiger partial charge < -0.3 is 15.4 Å². The Morgan fingerprint density at radius 1 is 1.27 bits per heavy atom. The maximum absolute atomic E-state index is 13.1. The van der Waals surface area contributed by atoms with Gasteiger partial charge in [-0.05, 0) is 50.0 Å². The highest BCUT2D eigenvalue weighted by molar-refractivity contribution is 5.83. The standard InChI is InChI=1S/C16H22F2N2O2/c1-22-11-16(3-6-19-7-4-16)15(21)20-5-2-12-8-13(17)10-14(18)9-12/h8-10,19H,2-7,11H2,1H3,(H,20,21). The van der Waals surface area contributed by atoms with Gasteiger partial charge in [-0.15, -0.1) is 0 Å². The molecule has 0 aliphatic carbocycles. The molecule has 0 unspecified atom stereocenters. The van der Waals surface area contributed by atoms with Crippen LogP contribution in [-0.4, -0.2) is 39.3 Å². The molecule has 1 heterocycles. The van der Waals surface area contributed by atoms with Gasteiger partial charge in [-0.25, -0.2) is 8.78 Å². The summed E-state index contributed by atoms with van der Waals surface area (Å²) in [5.41, 5.74) is 0.0246. The molecule has 4 nitrogen and oxygen atoms in total. The number of piperidine rings is 1. The second-order valence-electron chi connectivity index (χ2n) is 5.75. The second kappa shape index (κ2) is 7.65. The summed E-state index contributed by atoms with van der Waals surface area (Å²) >= 11 is 0. The lowest BCUT2D eigenvalue weighted by molar-refractivity contribution is -0.136. The minimum atomic E-state index is -0.601. The zero-order chi connectivity index (χ0) is 16.0. The fraction of sp³-hybridized carbons (Fsp3) is 0.562. The molecule has 2 rings (SSSR count). The zero-order valence-corrected chi connectivity index (χ0v) is 12.8. The Balaban J connectivity index is 1.90. The van der Waals surface area contributed by atoms with Crippen molar-refractivity contribution in [2.75, 3.05) is 33.4 Å². The van der Waals surface area contributed by atoms with Crippen LogP contribution in [-0.2, 0) is 16.0 Å². The van der Waals surface area contributed by atoms with E-state index in [0.29, 0.717) is 25.1 Å². The highest BCUT2D eigenvalue weighted by Crippen LogP contribution is 2.29. The van der Waals surface area contributed by atoms with Gasteiger partial charge in [0.1, 0.15) is 11.6 Å². The maximum Gasteiger partial charge on any atom is 0.228 e. The molecule has 1 amide bonds. The number of hydrogen-bond acceptors (Lipinski definition) is 3. The van der Waals surface area contributed by atoms with E-state index >= 15 is 0 Å². The average Bonchev–Trinajstić information content (AvgIpc) is 2.47. The first-order valence-corrected chi connectivity index (χ1v) is 7.49. The van der Waals surface area contributed by atoms with E-state index in [1.165, 1.54) is 12.1 Å². The van der Waals surface area contributed by atoms with Crippen LogP contribution in [0, 0.1) is 17.0 Å². The van der Waals surface area contributed by atoms with E-state index in [9.17, 15) is 13.6 Å². The molecule has 1 aliphatic heterocycles. The Bertz CT molecular complexity index is 491. The summed E-state index contributed by atoms with van der Waals surface area (Å²) < 4.78 is 31.4. The predicted molar refractivity (Wildman–Crippen MR) is 79.5 cm³/mol. The molecule has 0 spiro atoms. The topological polar surface area (TPSA) is 50.4 Å². The van der Waals surface area contributed by atoms with Crippen molar-refractivity contribution in [2.45, 2.75) is 19.3 Å². The highest BCUT2D eigenvalue weighted by Gasteiger charge is 2.39. The number of benzene rings is 1. The lowest BCUT2D eigenvalue weighted by atomic mass is 9.78. The molecular formula is C16H22F2N2O2. The first-order chi connectivity index (χ1) is 10.6. The van der Waals surface area contributed by atoms with Gasteiger partial charge >= 0.3 is 0 Å². The monoisotopic (exact) mass is 312 g/mol. The zero-order valence-electron chi connectivity index (χ0n) is 12.8. The summed E-state index contributed by atoms with van der Waals surface area (Å²) in [5, 5.41) is 6.10. The van der Waals surface area contributed by atoms with E-state index < -0.39 is 17.0 Å². The Kier molecular flexibility index (Phi) is 5.85. The Labute approximate surface area is 129 Å². The summed E-state index contributed by atoms with van der Waals surface area (Å²) in [7, 11) is 1.59. The van der Waals surface area contributed by atoms with Crippen LogP contribution in [0.15, 0.2) is 18.2 Å². The van der Waals surface area contributed by atoms with Crippen molar-refractivity contribution in [3.63, 3.8) is 0 Å². The summed E-state index contributed by atoms with van der Waals surface area (Å²) in [6.45, 7) is 2.30. The first-order valence-electron chi connectivity index (χ1n) is 7.49. The third-order valence-corrected chi connectivity index (χ3v) is 4.08. The molecule has 2 N–H and O–H groups in total. The molecule has 0 atom stereocenters. The largest absolute Gasteiger partial charge is 0.384 e. The Morgan fingerprint density at radius 2 is 1.91 bits per heavy atom. The number of amides is 1. The molecule has 0 radical (unpaired) electrons. The van der Waals surface area contributed by atoms with E-state index in [-0.39, 0.29) is 5.91 Å². The fourth-order valence-corrected chi connectivity index (χ4v) is 2.88. The number of carbonyl (C=O) groups excluding carboxylic acids is 1. The predicted octanol–water partition coefficient (Wildman–Crippen LogP) is 1.64. The molecule has 22 heavy (non-hydrogen) atoms. The average molecular weight is 312 g/mol. The van der Waals surface area contributed by atoms with Gasteiger partial charge in [-0.2, -0.15) is 0 Å². The van der Waals surface area contributed by atoms with E-state index in [4.69, 9.17) is 4.74 Å². The first kappa shape index (κ1) is 16.8. The Hall–Kier alpha value is -1.53. The fourth-order valence-electron chi connectivity index (χ4n) is 2.88. The molecule has 0 aromatic heterocycles. The number of ether oxygens (including phenoxy) is 1. The van der Waals surface area contributed by atoms with Gasteiger partial charge in [0.2, 0.25) is 5.91 Å². The minimum absolute atomic E-state index is 0.0484. The molecule has 1 aromatic carbocycles. The molecule has 1 fully saturated rings. The molecule has 0 bridgehead atoms. The van der Waals surface area contributed by atoms with Crippen LogP contribution in [0.5, 0.6) is 0 Å². The van der Waals surface area contributed by atoms with Crippen molar-refractivity contribution in [3.05, 3.63) is 35.4 Å². The highest BCUT2D eigenvalue weighted by atomic mass is 19.1. The van der Waals surface area contributed by atoms with Crippen LogP contribution in [0.1, 0.15) is 18.4 Å². The van der Waals surface area contributed by atoms with E-state index in [1.807, 2.05) is 0 Å². The van der Waals surface area contributed by atoms with Crippen molar-refractivity contribution < 1.29 is 18.3 Å². The third-order valence-electron chi connectivity index (χ3n) is 4.08. The maximum atomic E-state index is 13.1. The smallest absolute Gasteiger partial charge is 0.228 e. The lowest BCUT2D eigenvalue weighted by Gasteiger charge is -2.35. The van der Waals surface area contributed by atoms with Crippen LogP contribution < -0.4 is 10.6 Å². The van der Waals surface area contributed by atoms with Crippen molar-refractivity contribution in [1.82, 2.24) is 10.6 Å². The second-order valence-corrected chi connectivity index (χ2v) is 5.75. The van der Waals surface area contributed by atoms with Crippen molar-refractivity contribution in [1.29, 1.82) is 0 Å². The molecule has 1 aromatic rings. The molecule has 0 saturated carbocycles. The van der Waals surface area contributed by atoms with Crippen molar-refractivity contribution in [2.24, 2.45) is 5.41 Å². The van der Waals surface area contributed by atoms with Gasteiger partial charge in [0.05, 0.1) is 12.0 Å². The molecule has 6 heteroatoms. The number of carbonyl (C=O) groups is 1. The third kappa shape index (κ3) is 4.24. The van der Waals surface area contributed by atoms with E-state index in [2.05, 4.69) is 10.6 Å². The molecule has 1 aliphatic rings. The normalized spacial score (nSPS) is 17.2. The van der Waals surface area contributed by atoms with Gasteiger partial charge in [-0.1, -0.05) is 0 Å². The number of nitrogens with one attached hydrogen (secondary N) is 2. The summed E-state index contributed by atoms with van der Waals surface area (Å²) in [6, 6.07) is 3.40. The Morgan fingerprint density at radius 3 is 2.50 bits per heavy atom. The van der Waals surface area contributed by atoms with Crippen molar-refractivity contribution >= 4 is 5.91 Å². The molecule has 1 saturated heterocycles. The number of hydrogen-bond donors (Lipinski definition) is 2. The summed E-state index contributed by atoms with van der Waals surface area (Å²) in [5.74, 6) is -1.25. The van der Waals surface area contributed by atoms with Crippen LogP contribution in [0.2, 0.25) is 0 Å². The van der Waals surface area contributed by atoms with Crippen LogP contribution in [0.25, 0.3) is 0 Å². The van der Waals surface area contributed by atoms with E-state index in [0.717, 1.165) is 32.0 Å². The molecular weight excluding hydrogens is 290 g/mol. The van der Waals surface area contributed by atoms with Gasteiger partial charge in [0.15, 0.2) is 0 Å². The molecule has 122 valence electrons. The van der Waals surface area contributed by atoms with Gasteiger partial charge in [0, 0.05) is 19.7 Å². The van der Waals surface area contributed by atoms with Gasteiger partial charge in [0.25, 0.3) is 0 Å². The summed E-state index contributed by atoms with van der Waals surface area (Å²) in [6.07, 6.45) is 1.84. The van der Waals surface area contributed by atoms with Crippen LogP contribution in [0.3, 0.4) is 0 Å². The number of methoxy groups -OCH3 is 1. The number of rotatable bonds is 6. The minimum Gasteiger partial charge on any atom is -0.384 e. The van der Waals surface area contributed by atoms with E-state index in [1.54, 1.807) is 7.11 Å². The SMILES string of the molecule is COCC1(C(=O)NCCc2cc(F)cc(F)c2)CCNCC1. The van der Waals surface area contributed by atoms with Crippen LogP contribution >= 0.6 is 0 Å². The quantitative estimate of drug-likeness (QED) is 0.839.